The molecule has 0 aliphatic heterocycles. The van der Waals surface area contributed by atoms with Crippen LogP contribution >= 0.6 is 11.3 Å². The molecule has 0 atom stereocenters. The summed E-state index contributed by atoms with van der Waals surface area (Å²) in [6, 6.07) is 12.0. The van der Waals surface area contributed by atoms with Crippen LogP contribution in [0.15, 0.2) is 41.8 Å². The highest BCUT2D eigenvalue weighted by molar-refractivity contribution is 7.16. The van der Waals surface area contributed by atoms with Gasteiger partial charge in [-0.25, -0.2) is 15.0 Å². The second-order valence-corrected chi connectivity index (χ2v) is 5.81. The number of hydrogen-bond donors (Lipinski definition) is 1. The predicted molar refractivity (Wildman–Crippen MR) is 87.3 cm³/mol. The van der Waals surface area contributed by atoms with E-state index in [2.05, 4.69) is 27.9 Å². The van der Waals surface area contributed by atoms with Crippen LogP contribution in [0.3, 0.4) is 0 Å². The Labute approximate surface area is 125 Å². The largest absolute Gasteiger partial charge is 0.383 e. The molecule has 0 amide bonds. The zero-order valence-electron chi connectivity index (χ0n) is 11.4. The summed E-state index contributed by atoms with van der Waals surface area (Å²) in [5.41, 5.74) is 8.88. The van der Waals surface area contributed by atoms with E-state index in [4.69, 9.17) is 5.73 Å². The zero-order chi connectivity index (χ0) is 14.4. The summed E-state index contributed by atoms with van der Waals surface area (Å²) in [5.74, 6) is 1.08. The van der Waals surface area contributed by atoms with Gasteiger partial charge in [0.25, 0.3) is 0 Å². The molecule has 4 rings (SSSR count). The van der Waals surface area contributed by atoms with E-state index in [1.165, 1.54) is 0 Å². The smallest absolute Gasteiger partial charge is 0.181 e. The van der Waals surface area contributed by atoms with Crippen molar-refractivity contribution in [2.75, 3.05) is 5.73 Å². The fourth-order valence-corrected chi connectivity index (χ4v) is 3.23. The second-order valence-electron chi connectivity index (χ2n) is 4.91. The number of para-hydroxylation sites is 1. The van der Waals surface area contributed by atoms with Gasteiger partial charge in [-0.15, -0.1) is 11.3 Å². The van der Waals surface area contributed by atoms with Crippen molar-refractivity contribution in [1.29, 1.82) is 0 Å². The average molecular weight is 292 g/mol. The van der Waals surface area contributed by atoms with Gasteiger partial charge in [0.15, 0.2) is 5.82 Å². The third kappa shape index (κ3) is 1.94. The van der Waals surface area contributed by atoms with Crippen molar-refractivity contribution >= 4 is 38.3 Å². The zero-order valence-corrected chi connectivity index (χ0v) is 12.2. The Morgan fingerprint density at radius 1 is 1.00 bits per heavy atom. The Morgan fingerprint density at radius 2 is 1.86 bits per heavy atom. The van der Waals surface area contributed by atoms with E-state index < -0.39 is 0 Å². The number of aryl methyl sites for hydroxylation is 1. The first-order chi connectivity index (χ1) is 10.2. The predicted octanol–water partition coefficient (Wildman–Crippen LogP) is 3.80. The number of aromatic nitrogens is 3. The molecule has 4 nitrogen and oxygen atoms in total. The molecule has 0 aliphatic rings. The Balaban J connectivity index is 1.99. The summed E-state index contributed by atoms with van der Waals surface area (Å²) in [5, 5.41) is 4.02. The first-order valence-corrected chi connectivity index (χ1v) is 7.48. The summed E-state index contributed by atoms with van der Waals surface area (Å²) in [4.78, 5) is 14.5. The number of hydrogen-bond acceptors (Lipinski definition) is 5. The quantitative estimate of drug-likeness (QED) is 0.579. The number of fused-ring (bicyclic) bond motifs is 2. The van der Waals surface area contributed by atoms with Crippen molar-refractivity contribution < 1.29 is 0 Å². The van der Waals surface area contributed by atoms with Crippen LogP contribution in [0.4, 0.5) is 5.82 Å². The van der Waals surface area contributed by atoms with Crippen LogP contribution in [-0.4, -0.2) is 15.0 Å². The number of thiophene rings is 1. The Kier molecular flexibility index (Phi) is 2.62. The van der Waals surface area contributed by atoms with E-state index in [1.807, 2.05) is 35.7 Å². The first kappa shape index (κ1) is 12.2. The monoisotopic (exact) mass is 292 g/mol. The Hall–Kier alpha value is -2.53. The molecule has 0 saturated heterocycles. The van der Waals surface area contributed by atoms with Gasteiger partial charge in [-0.05, 0) is 36.1 Å². The minimum absolute atomic E-state index is 0.504. The molecule has 0 unspecified atom stereocenters. The molecule has 0 saturated carbocycles. The van der Waals surface area contributed by atoms with Crippen molar-refractivity contribution in [1.82, 2.24) is 15.0 Å². The number of benzene rings is 1. The molecule has 4 aromatic rings. The van der Waals surface area contributed by atoms with Crippen molar-refractivity contribution in [3.63, 3.8) is 0 Å². The van der Waals surface area contributed by atoms with Crippen molar-refractivity contribution in [2.45, 2.75) is 6.92 Å². The molecular weight excluding hydrogens is 280 g/mol. The van der Waals surface area contributed by atoms with Crippen LogP contribution in [-0.2, 0) is 0 Å². The van der Waals surface area contributed by atoms with E-state index in [0.717, 1.165) is 32.4 Å². The summed E-state index contributed by atoms with van der Waals surface area (Å²) in [7, 11) is 0. The third-order valence-corrected chi connectivity index (χ3v) is 4.31. The minimum atomic E-state index is 0.504. The van der Waals surface area contributed by atoms with Gasteiger partial charge < -0.3 is 5.73 Å². The van der Waals surface area contributed by atoms with Crippen molar-refractivity contribution in [3.05, 3.63) is 47.3 Å². The maximum atomic E-state index is 6.02. The third-order valence-electron chi connectivity index (χ3n) is 3.51. The van der Waals surface area contributed by atoms with Crippen molar-refractivity contribution in [2.24, 2.45) is 0 Å². The molecule has 0 bridgehead atoms. The number of nitrogen functional groups attached to an aromatic ring is 1. The molecule has 5 heteroatoms. The molecule has 0 spiro atoms. The molecule has 21 heavy (non-hydrogen) atoms. The molecule has 3 heterocycles. The molecule has 0 fully saturated rings. The number of rotatable bonds is 1. The normalized spacial score (nSPS) is 11.3. The Morgan fingerprint density at radius 3 is 2.76 bits per heavy atom. The molecule has 0 radical (unpaired) electrons. The van der Waals surface area contributed by atoms with Crippen LogP contribution < -0.4 is 5.73 Å². The fourth-order valence-electron chi connectivity index (χ4n) is 2.46. The number of nitrogens with zero attached hydrogens (tertiary/aromatic N) is 3. The fraction of sp³-hybridized carbons (Fsp3) is 0.0625. The standard InChI is InChI=1S/C16H12N4S/c1-9-8-13(18-12-5-3-2-4-10(9)12)15-19-14(17)11-6-7-21-16(11)20-15/h2-8H,1H3,(H2,17,19,20). The minimum Gasteiger partial charge on any atom is -0.383 e. The van der Waals surface area contributed by atoms with Gasteiger partial charge in [-0.1, -0.05) is 18.2 Å². The summed E-state index contributed by atoms with van der Waals surface area (Å²) in [6.45, 7) is 2.07. The van der Waals surface area contributed by atoms with E-state index in [0.29, 0.717) is 11.6 Å². The molecule has 3 aromatic heterocycles. The van der Waals surface area contributed by atoms with Gasteiger partial charge in [0.05, 0.1) is 10.9 Å². The van der Waals surface area contributed by atoms with Gasteiger partial charge in [-0.2, -0.15) is 0 Å². The van der Waals surface area contributed by atoms with Crippen molar-refractivity contribution in [3.8, 4) is 11.5 Å². The molecule has 2 N–H and O–H groups in total. The van der Waals surface area contributed by atoms with Crippen LogP contribution in [0, 0.1) is 6.92 Å². The van der Waals surface area contributed by atoms with Crippen LogP contribution in [0.5, 0.6) is 0 Å². The summed E-state index contributed by atoms with van der Waals surface area (Å²) < 4.78 is 0. The second kappa shape index (κ2) is 4.49. The van der Waals surface area contributed by atoms with E-state index in [9.17, 15) is 0 Å². The maximum Gasteiger partial charge on any atom is 0.181 e. The highest BCUT2D eigenvalue weighted by Crippen LogP contribution is 2.27. The van der Waals surface area contributed by atoms with Gasteiger partial charge in [0, 0.05) is 5.39 Å². The molecule has 0 aliphatic carbocycles. The van der Waals surface area contributed by atoms with Gasteiger partial charge >= 0.3 is 0 Å². The maximum absolute atomic E-state index is 6.02. The SMILES string of the molecule is Cc1cc(-c2nc(N)c3ccsc3n2)nc2ccccc12. The van der Waals surface area contributed by atoms with Gasteiger partial charge in [0.1, 0.15) is 16.3 Å². The topological polar surface area (TPSA) is 64.7 Å². The van der Waals surface area contributed by atoms with Gasteiger partial charge in [-0.3, -0.25) is 0 Å². The number of pyridine rings is 1. The lowest BCUT2D eigenvalue weighted by atomic mass is 10.1. The highest BCUT2D eigenvalue weighted by atomic mass is 32.1. The molecular formula is C16H12N4S. The molecule has 1 aromatic carbocycles. The Bertz CT molecular complexity index is 975. The van der Waals surface area contributed by atoms with Gasteiger partial charge in [0.2, 0.25) is 0 Å². The summed E-state index contributed by atoms with van der Waals surface area (Å²) >= 11 is 1.56. The highest BCUT2D eigenvalue weighted by Gasteiger charge is 2.11. The van der Waals surface area contributed by atoms with Crippen LogP contribution in [0.25, 0.3) is 32.6 Å². The lowest BCUT2D eigenvalue weighted by Crippen LogP contribution is -1.98. The summed E-state index contributed by atoms with van der Waals surface area (Å²) in [6.07, 6.45) is 0. The average Bonchev–Trinajstić information content (AvgIpc) is 2.96. The van der Waals surface area contributed by atoms with E-state index in [1.54, 1.807) is 11.3 Å². The lowest BCUT2D eigenvalue weighted by Gasteiger charge is -2.06. The first-order valence-electron chi connectivity index (χ1n) is 6.60. The number of nitrogens with two attached hydrogens (primary N) is 1. The van der Waals surface area contributed by atoms with E-state index in [-0.39, 0.29) is 0 Å². The van der Waals surface area contributed by atoms with E-state index >= 15 is 0 Å². The number of anilines is 1. The van der Waals surface area contributed by atoms with Crippen LogP contribution in [0.1, 0.15) is 5.56 Å². The molecule has 102 valence electrons. The lowest BCUT2D eigenvalue weighted by molar-refractivity contribution is 1.20. The van der Waals surface area contributed by atoms with Crippen LogP contribution in [0.2, 0.25) is 0 Å².